The zero-order chi connectivity index (χ0) is 28.5. The van der Waals surface area contributed by atoms with Gasteiger partial charge in [-0.25, -0.2) is 13.2 Å². The lowest BCUT2D eigenvalue weighted by molar-refractivity contribution is 0.0357. The van der Waals surface area contributed by atoms with Gasteiger partial charge in [-0.15, -0.1) is 0 Å². The number of benzene rings is 2. The van der Waals surface area contributed by atoms with Crippen LogP contribution < -0.4 is 9.47 Å². The van der Waals surface area contributed by atoms with Crippen LogP contribution in [0.2, 0.25) is 10.0 Å². The van der Waals surface area contributed by atoms with Crippen LogP contribution in [0.3, 0.4) is 0 Å². The lowest BCUT2D eigenvalue weighted by Gasteiger charge is -2.32. The Morgan fingerprint density at radius 3 is 2.44 bits per heavy atom. The standard InChI is InChI=1S/C26H31Cl2N3O7S/c1-16(2)18-13-17(36-4)14-21-22(18)25(32)31(39(21,34)35)15-38-26(33)23-19(27)5-6-20(24(23)28)37-12-11-30-9-7-29(3)8-10-30/h5-6,13-14,16H,7-12,15H2,1-4H3. The van der Waals surface area contributed by atoms with Crippen molar-refractivity contribution in [3.8, 4) is 11.5 Å². The number of fused-ring (bicyclic) bond motifs is 1. The van der Waals surface area contributed by atoms with Crippen LogP contribution in [0, 0.1) is 0 Å². The molecule has 39 heavy (non-hydrogen) atoms. The number of piperazine rings is 1. The van der Waals surface area contributed by atoms with E-state index in [1.165, 1.54) is 19.2 Å². The van der Waals surface area contributed by atoms with E-state index in [2.05, 4.69) is 16.8 Å². The fraction of sp³-hybridized carbons (Fsp3) is 0.462. The molecule has 1 fully saturated rings. The number of carbonyl (C=O) groups is 2. The number of nitrogens with zero attached hydrogens (tertiary/aromatic N) is 3. The van der Waals surface area contributed by atoms with Gasteiger partial charge in [0.05, 0.1) is 22.7 Å². The zero-order valence-electron chi connectivity index (χ0n) is 22.2. The summed E-state index contributed by atoms with van der Waals surface area (Å²) < 4.78 is 43.2. The van der Waals surface area contributed by atoms with Crippen molar-refractivity contribution >= 4 is 45.1 Å². The Labute approximate surface area is 238 Å². The highest BCUT2D eigenvalue weighted by atomic mass is 35.5. The minimum atomic E-state index is -4.29. The number of esters is 1. The molecule has 2 aromatic rings. The Kier molecular flexibility index (Phi) is 8.97. The molecule has 0 unspecified atom stereocenters. The molecule has 0 bridgehead atoms. The van der Waals surface area contributed by atoms with Crippen LogP contribution in [-0.4, -0.2) is 94.6 Å². The number of amides is 1. The van der Waals surface area contributed by atoms with Gasteiger partial charge in [-0.2, -0.15) is 4.31 Å². The number of halogens is 2. The van der Waals surface area contributed by atoms with Gasteiger partial charge >= 0.3 is 5.97 Å². The molecule has 2 aliphatic rings. The summed E-state index contributed by atoms with van der Waals surface area (Å²) in [5.74, 6) is -1.40. The minimum absolute atomic E-state index is 0.00198. The lowest BCUT2D eigenvalue weighted by atomic mass is 9.96. The Hall–Kier alpha value is -2.57. The van der Waals surface area contributed by atoms with Crippen LogP contribution in [0.1, 0.15) is 46.0 Å². The number of likely N-dealkylation sites (N-methyl/N-ethyl adjacent to an activating group) is 1. The Morgan fingerprint density at radius 2 is 1.79 bits per heavy atom. The SMILES string of the molecule is COc1cc(C(C)C)c2c(c1)S(=O)(=O)N(COC(=O)c1c(Cl)ccc(OCCN3CCN(C)CC3)c1Cl)C2=O. The summed E-state index contributed by atoms with van der Waals surface area (Å²) >= 11 is 12.7. The molecule has 2 aliphatic heterocycles. The molecule has 0 aromatic heterocycles. The third kappa shape index (κ3) is 5.97. The van der Waals surface area contributed by atoms with Crippen LogP contribution in [0.4, 0.5) is 0 Å². The third-order valence-corrected chi connectivity index (χ3v) is 9.23. The summed E-state index contributed by atoms with van der Waals surface area (Å²) in [7, 11) is -0.800. The average Bonchev–Trinajstić information content (AvgIpc) is 3.09. The number of ether oxygens (including phenoxy) is 3. The Morgan fingerprint density at radius 1 is 1.10 bits per heavy atom. The fourth-order valence-corrected chi connectivity index (χ4v) is 6.52. The van der Waals surface area contributed by atoms with Crippen molar-refractivity contribution in [1.29, 1.82) is 0 Å². The van der Waals surface area contributed by atoms with Crippen molar-refractivity contribution in [2.45, 2.75) is 24.7 Å². The van der Waals surface area contributed by atoms with E-state index < -0.39 is 28.6 Å². The van der Waals surface area contributed by atoms with Crippen molar-refractivity contribution in [2.75, 3.05) is 60.2 Å². The van der Waals surface area contributed by atoms with Gasteiger partial charge in [0.25, 0.3) is 15.9 Å². The second-order valence-corrected chi connectivity index (χ2v) is 12.3. The molecule has 2 heterocycles. The number of hydrogen-bond acceptors (Lipinski definition) is 9. The highest BCUT2D eigenvalue weighted by Gasteiger charge is 2.44. The summed E-state index contributed by atoms with van der Waals surface area (Å²) in [4.78, 5) is 30.5. The molecular formula is C26H31Cl2N3O7S. The van der Waals surface area contributed by atoms with E-state index in [1.807, 2.05) is 13.8 Å². The summed E-state index contributed by atoms with van der Waals surface area (Å²) in [6, 6.07) is 5.91. The minimum Gasteiger partial charge on any atom is -0.497 e. The average molecular weight is 601 g/mol. The highest BCUT2D eigenvalue weighted by molar-refractivity contribution is 7.90. The maximum absolute atomic E-state index is 13.2. The van der Waals surface area contributed by atoms with Gasteiger partial charge < -0.3 is 19.1 Å². The van der Waals surface area contributed by atoms with E-state index in [-0.39, 0.29) is 37.7 Å². The molecule has 0 radical (unpaired) electrons. The van der Waals surface area contributed by atoms with E-state index in [4.69, 9.17) is 37.4 Å². The van der Waals surface area contributed by atoms with Gasteiger partial charge in [-0.1, -0.05) is 37.0 Å². The van der Waals surface area contributed by atoms with Crippen molar-refractivity contribution in [3.63, 3.8) is 0 Å². The fourth-order valence-electron chi connectivity index (χ4n) is 4.47. The van der Waals surface area contributed by atoms with Crippen molar-refractivity contribution in [3.05, 3.63) is 51.0 Å². The quantitative estimate of drug-likeness (QED) is 0.399. The van der Waals surface area contributed by atoms with E-state index in [1.54, 1.807) is 12.1 Å². The first-order valence-corrected chi connectivity index (χ1v) is 14.6. The highest BCUT2D eigenvalue weighted by Crippen LogP contribution is 2.39. The number of carbonyl (C=O) groups excluding carboxylic acids is 2. The molecule has 0 saturated carbocycles. The summed E-state index contributed by atoms with van der Waals surface area (Å²) in [5, 5.41) is -0.0567. The van der Waals surface area contributed by atoms with E-state index in [0.29, 0.717) is 28.8 Å². The van der Waals surface area contributed by atoms with Gasteiger partial charge in [0.15, 0.2) is 6.73 Å². The predicted octanol–water partition coefficient (Wildman–Crippen LogP) is 3.71. The smallest absolute Gasteiger partial charge is 0.343 e. The molecule has 0 atom stereocenters. The zero-order valence-corrected chi connectivity index (χ0v) is 24.5. The molecule has 13 heteroatoms. The first kappa shape index (κ1) is 29.4. The number of rotatable bonds is 9. The van der Waals surface area contributed by atoms with Crippen LogP contribution in [0.25, 0.3) is 0 Å². The van der Waals surface area contributed by atoms with E-state index >= 15 is 0 Å². The summed E-state index contributed by atoms with van der Waals surface area (Å²) in [5.41, 5.74) is 0.370. The number of hydrogen-bond donors (Lipinski definition) is 0. The molecule has 0 aliphatic carbocycles. The Bertz CT molecular complexity index is 1380. The second kappa shape index (κ2) is 11.9. The van der Waals surface area contributed by atoms with Crippen molar-refractivity contribution < 1.29 is 32.2 Å². The summed E-state index contributed by atoms with van der Waals surface area (Å²) in [6.07, 6.45) is 0. The lowest BCUT2D eigenvalue weighted by Crippen LogP contribution is -2.45. The van der Waals surface area contributed by atoms with Crippen LogP contribution >= 0.6 is 23.2 Å². The first-order chi connectivity index (χ1) is 18.4. The van der Waals surface area contributed by atoms with E-state index in [9.17, 15) is 18.0 Å². The molecule has 0 spiro atoms. The predicted molar refractivity (Wildman–Crippen MR) is 147 cm³/mol. The number of sulfonamides is 1. The van der Waals surface area contributed by atoms with Gasteiger partial charge in [0.2, 0.25) is 0 Å². The molecule has 212 valence electrons. The van der Waals surface area contributed by atoms with Gasteiger partial charge in [-0.05, 0) is 36.7 Å². The molecule has 2 aromatic carbocycles. The maximum Gasteiger partial charge on any atom is 0.343 e. The van der Waals surface area contributed by atoms with Gasteiger partial charge in [0.1, 0.15) is 28.6 Å². The Balaban J connectivity index is 1.47. The van der Waals surface area contributed by atoms with E-state index in [0.717, 1.165) is 26.2 Å². The second-order valence-electron chi connectivity index (χ2n) is 9.69. The topological polar surface area (TPSA) is 106 Å². The summed E-state index contributed by atoms with van der Waals surface area (Å²) in [6.45, 7) is 7.66. The van der Waals surface area contributed by atoms with Crippen LogP contribution in [0.5, 0.6) is 11.5 Å². The molecule has 1 saturated heterocycles. The molecule has 0 N–H and O–H groups in total. The van der Waals surface area contributed by atoms with Crippen molar-refractivity contribution in [2.24, 2.45) is 0 Å². The molecule has 10 nitrogen and oxygen atoms in total. The number of methoxy groups -OCH3 is 1. The molecule has 1 amide bonds. The normalized spacial score (nSPS) is 17.4. The first-order valence-electron chi connectivity index (χ1n) is 12.4. The van der Waals surface area contributed by atoms with Crippen molar-refractivity contribution in [1.82, 2.24) is 14.1 Å². The molecule has 4 rings (SSSR count). The molecular weight excluding hydrogens is 569 g/mol. The third-order valence-electron chi connectivity index (χ3n) is 6.81. The van der Waals surface area contributed by atoms with Crippen LogP contribution in [-0.2, 0) is 14.8 Å². The van der Waals surface area contributed by atoms with Crippen LogP contribution in [0.15, 0.2) is 29.2 Å². The monoisotopic (exact) mass is 599 g/mol. The van der Waals surface area contributed by atoms with Gasteiger partial charge in [0, 0.05) is 38.8 Å². The maximum atomic E-state index is 13.2. The largest absolute Gasteiger partial charge is 0.497 e. The van der Waals surface area contributed by atoms with Gasteiger partial charge in [-0.3, -0.25) is 9.69 Å².